The van der Waals surface area contributed by atoms with Crippen LogP contribution in [0.4, 0.5) is 0 Å². The van der Waals surface area contributed by atoms with Crippen molar-refractivity contribution in [2.24, 2.45) is 0 Å². The van der Waals surface area contributed by atoms with Crippen LogP contribution in [0.5, 0.6) is 0 Å². The van der Waals surface area contributed by atoms with Crippen molar-refractivity contribution in [2.75, 3.05) is 13.2 Å². The maximum atomic E-state index is 5.86. The normalized spacial score (nSPS) is 12.6. The number of benzene rings is 1. The number of unbranched alkanes of at least 4 members (excludes halogenated alkanes) is 3. The van der Waals surface area contributed by atoms with Crippen molar-refractivity contribution < 1.29 is 9.05 Å². The lowest BCUT2D eigenvalue weighted by atomic mass is 10.2. The van der Waals surface area contributed by atoms with E-state index < -0.39 is 8.38 Å². The van der Waals surface area contributed by atoms with E-state index in [1.807, 2.05) is 25.1 Å². The molecule has 1 atom stereocenters. The van der Waals surface area contributed by atoms with Crippen LogP contribution in [-0.2, 0) is 9.05 Å². The van der Waals surface area contributed by atoms with Gasteiger partial charge in [0.15, 0.2) is 0 Å². The zero-order valence-electron chi connectivity index (χ0n) is 10.9. The van der Waals surface area contributed by atoms with Gasteiger partial charge >= 0.3 is 0 Å². The van der Waals surface area contributed by atoms with Gasteiger partial charge in [0.1, 0.15) is 0 Å². The van der Waals surface area contributed by atoms with E-state index in [0.717, 1.165) is 13.0 Å². The molecule has 0 bridgehead atoms. The molecule has 3 heteroatoms. The van der Waals surface area contributed by atoms with Crippen molar-refractivity contribution in [3.63, 3.8) is 0 Å². The lowest BCUT2D eigenvalue weighted by molar-refractivity contribution is 0.260. The summed E-state index contributed by atoms with van der Waals surface area (Å²) in [5.41, 5.74) is 0. The molecule has 1 aromatic carbocycles. The Morgan fingerprint density at radius 2 is 1.71 bits per heavy atom. The Morgan fingerprint density at radius 3 is 2.35 bits per heavy atom. The van der Waals surface area contributed by atoms with Gasteiger partial charge < -0.3 is 9.05 Å². The minimum absolute atomic E-state index is 0.704. The first kappa shape index (κ1) is 14.6. The quantitative estimate of drug-likeness (QED) is 0.484. The van der Waals surface area contributed by atoms with Gasteiger partial charge in [-0.1, -0.05) is 44.4 Å². The molecule has 0 N–H and O–H groups in total. The fraction of sp³-hybridized carbons (Fsp3) is 0.571. The smallest absolute Gasteiger partial charge is 0.205 e. The highest BCUT2D eigenvalue weighted by Gasteiger charge is 2.12. The van der Waals surface area contributed by atoms with Crippen molar-refractivity contribution in [3.8, 4) is 0 Å². The van der Waals surface area contributed by atoms with Crippen molar-refractivity contribution in [1.29, 1.82) is 0 Å². The lowest BCUT2D eigenvalue weighted by Gasteiger charge is -2.16. The highest BCUT2D eigenvalue weighted by atomic mass is 31.2. The van der Waals surface area contributed by atoms with Gasteiger partial charge in [-0.05, 0) is 25.5 Å². The lowest BCUT2D eigenvalue weighted by Crippen LogP contribution is -2.06. The van der Waals surface area contributed by atoms with E-state index in [2.05, 4.69) is 19.1 Å². The van der Waals surface area contributed by atoms with Gasteiger partial charge in [0.25, 0.3) is 0 Å². The van der Waals surface area contributed by atoms with E-state index in [1.54, 1.807) is 0 Å². The molecule has 0 aliphatic heterocycles. The molecule has 0 amide bonds. The SMILES string of the molecule is CCCCCCOP(OCC)c1ccccc1. The third kappa shape index (κ3) is 6.16. The first-order valence-corrected chi connectivity index (χ1v) is 7.67. The van der Waals surface area contributed by atoms with Crippen LogP contribution in [0.1, 0.15) is 39.5 Å². The predicted octanol–water partition coefficient (Wildman–Crippen LogP) is 4.26. The minimum atomic E-state index is -0.877. The summed E-state index contributed by atoms with van der Waals surface area (Å²) in [6.45, 7) is 5.74. The third-order valence-corrected chi connectivity index (χ3v) is 4.05. The van der Waals surface area contributed by atoms with Crippen LogP contribution in [0.15, 0.2) is 30.3 Å². The summed E-state index contributed by atoms with van der Waals surface area (Å²) in [5, 5.41) is 1.17. The number of hydrogen-bond donors (Lipinski definition) is 0. The minimum Gasteiger partial charge on any atom is -0.331 e. The average molecular weight is 254 g/mol. The van der Waals surface area contributed by atoms with Gasteiger partial charge in [0.05, 0.1) is 13.2 Å². The Bertz CT molecular complexity index is 277. The molecule has 2 nitrogen and oxygen atoms in total. The van der Waals surface area contributed by atoms with E-state index in [1.165, 1.54) is 24.6 Å². The molecule has 1 rings (SSSR count). The molecule has 96 valence electrons. The van der Waals surface area contributed by atoms with Gasteiger partial charge in [-0.25, -0.2) is 0 Å². The molecule has 0 heterocycles. The molecule has 0 aliphatic rings. The standard InChI is InChI=1S/C14H23O2P/c1-3-5-6-10-13-16-17(15-4-2)14-11-8-7-9-12-14/h7-9,11-12H,3-6,10,13H2,1-2H3. The van der Waals surface area contributed by atoms with Crippen LogP contribution >= 0.6 is 8.38 Å². The van der Waals surface area contributed by atoms with E-state index in [0.29, 0.717) is 6.61 Å². The van der Waals surface area contributed by atoms with Crippen LogP contribution in [0, 0.1) is 0 Å². The predicted molar refractivity (Wildman–Crippen MR) is 74.7 cm³/mol. The second kappa shape index (κ2) is 9.58. The Balaban J connectivity index is 2.33. The summed E-state index contributed by atoms with van der Waals surface area (Å²) >= 11 is 0. The summed E-state index contributed by atoms with van der Waals surface area (Å²) in [6, 6.07) is 10.2. The second-order valence-corrected chi connectivity index (χ2v) is 5.45. The fourth-order valence-electron chi connectivity index (χ4n) is 1.53. The highest BCUT2D eigenvalue weighted by molar-refractivity contribution is 7.55. The van der Waals surface area contributed by atoms with Crippen LogP contribution in [0.2, 0.25) is 0 Å². The summed E-state index contributed by atoms with van der Waals surface area (Å²) in [7, 11) is -0.877. The molecule has 1 aromatic rings. The zero-order valence-corrected chi connectivity index (χ0v) is 11.8. The Morgan fingerprint density at radius 1 is 0.941 bits per heavy atom. The molecule has 0 spiro atoms. The van der Waals surface area contributed by atoms with Crippen molar-refractivity contribution in [1.82, 2.24) is 0 Å². The van der Waals surface area contributed by atoms with Gasteiger partial charge in [-0.15, -0.1) is 0 Å². The largest absolute Gasteiger partial charge is 0.331 e. The van der Waals surface area contributed by atoms with E-state index in [-0.39, 0.29) is 0 Å². The Kier molecular flexibility index (Phi) is 8.25. The Labute approximate surface area is 106 Å². The molecule has 0 aliphatic carbocycles. The van der Waals surface area contributed by atoms with E-state index in [9.17, 15) is 0 Å². The van der Waals surface area contributed by atoms with Gasteiger partial charge in [0, 0.05) is 5.30 Å². The number of rotatable bonds is 9. The van der Waals surface area contributed by atoms with E-state index in [4.69, 9.17) is 9.05 Å². The maximum Gasteiger partial charge on any atom is 0.205 e. The van der Waals surface area contributed by atoms with Crippen molar-refractivity contribution in [2.45, 2.75) is 39.5 Å². The van der Waals surface area contributed by atoms with Crippen LogP contribution in [0.3, 0.4) is 0 Å². The average Bonchev–Trinajstić information content (AvgIpc) is 2.38. The van der Waals surface area contributed by atoms with Gasteiger partial charge in [-0.3, -0.25) is 0 Å². The zero-order chi connectivity index (χ0) is 12.3. The van der Waals surface area contributed by atoms with Crippen LogP contribution in [0.25, 0.3) is 0 Å². The molecule has 1 unspecified atom stereocenters. The Hall–Kier alpha value is -0.430. The van der Waals surface area contributed by atoms with Crippen LogP contribution in [-0.4, -0.2) is 13.2 Å². The molecule has 0 radical (unpaired) electrons. The topological polar surface area (TPSA) is 18.5 Å². The molecule has 17 heavy (non-hydrogen) atoms. The third-order valence-electron chi connectivity index (χ3n) is 2.42. The number of hydrogen-bond acceptors (Lipinski definition) is 2. The maximum absolute atomic E-state index is 5.86. The molecule has 0 fully saturated rings. The van der Waals surface area contributed by atoms with Gasteiger partial charge in [0.2, 0.25) is 8.38 Å². The molecule has 0 saturated heterocycles. The summed E-state index contributed by atoms with van der Waals surface area (Å²) in [4.78, 5) is 0. The molecular formula is C14H23O2P. The molecule has 0 saturated carbocycles. The summed E-state index contributed by atoms with van der Waals surface area (Å²) < 4.78 is 11.5. The first-order valence-electron chi connectivity index (χ1n) is 6.49. The monoisotopic (exact) mass is 254 g/mol. The van der Waals surface area contributed by atoms with Crippen molar-refractivity contribution in [3.05, 3.63) is 30.3 Å². The first-order chi connectivity index (χ1) is 8.38. The van der Waals surface area contributed by atoms with Crippen molar-refractivity contribution >= 4 is 13.7 Å². The van der Waals surface area contributed by atoms with E-state index >= 15 is 0 Å². The van der Waals surface area contributed by atoms with Gasteiger partial charge in [-0.2, -0.15) is 0 Å². The highest BCUT2D eigenvalue weighted by Crippen LogP contribution is 2.37. The fourth-order valence-corrected chi connectivity index (χ4v) is 2.85. The molecular weight excluding hydrogens is 231 g/mol. The summed E-state index contributed by atoms with van der Waals surface area (Å²) in [6.07, 6.45) is 4.94. The summed E-state index contributed by atoms with van der Waals surface area (Å²) in [5.74, 6) is 0. The van der Waals surface area contributed by atoms with Crippen LogP contribution < -0.4 is 5.30 Å². The molecule has 0 aromatic heterocycles. The second-order valence-electron chi connectivity index (χ2n) is 3.90.